The van der Waals surface area contributed by atoms with Gasteiger partial charge in [-0.3, -0.25) is 0 Å². The quantitative estimate of drug-likeness (QED) is 0.850. The maximum absolute atomic E-state index is 6.11. The Morgan fingerprint density at radius 2 is 2.05 bits per heavy atom. The molecule has 19 heavy (non-hydrogen) atoms. The van der Waals surface area contributed by atoms with Crippen molar-refractivity contribution < 1.29 is 0 Å². The van der Waals surface area contributed by atoms with Crippen LogP contribution in [-0.2, 0) is 6.42 Å². The number of benzene rings is 1. The van der Waals surface area contributed by atoms with Crippen LogP contribution in [-0.4, -0.2) is 11.5 Å². The molecule has 0 aliphatic heterocycles. The maximum Gasteiger partial charge on any atom is 0.140 e. The minimum absolute atomic E-state index is 0.623. The molecule has 100 valence electrons. The number of nitrogens with zero attached hydrogens (tertiary/aromatic N) is 1. The molecule has 0 atom stereocenters. The molecule has 0 aliphatic carbocycles. The predicted molar refractivity (Wildman–Crippen MR) is 85.0 cm³/mol. The predicted octanol–water partition coefficient (Wildman–Crippen LogP) is 4.39. The second-order valence-electron chi connectivity index (χ2n) is 4.01. The van der Waals surface area contributed by atoms with Crippen LogP contribution in [0.2, 0.25) is 10.0 Å². The van der Waals surface area contributed by atoms with Gasteiger partial charge in [-0.15, -0.1) is 0 Å². The molecule has 0 aliphatic rings. The number of anilines is 2. The molecule has 0 bridgehead atoms. The van der Waals surface area contributed by atoms with Crippen LogP contribution in [0.5, 0.6) is 0 Å². The molecule has 2 rings (SSSR count). The van der Waals surface area contributed by atoms with Gasteiger partial charge in [0.25, 0.3) is 0 Å². The zero-order valence-corrected chi connectivity index (χ0v) is 13.1. The molecular formula is C13H12BrCl2N3. The van der Waals surface area contributed by atoms with Crippen molar-refractivity contribution in [3.8, 4) is 0 Å². The fourth-order valence-corrected chi connectivity index (χ4v) is 2.63. The number of hydrogen-bond donors (Lipinski definition) is 2. The van der Waals surface area contributed by atoms with Gasteiger partial charge >= 0.3 is 0 Å². The first-order valence-corrected chi connectivity index (χ1v) is 7.20. The van der Waals surface area contributed by atoms with Crippen LogP contribution in [0, 0.1) is 0 Å². The molecule has 3 nitrogen and oxygen atoms in total. The fraction of sp³-hybridized carbons (Fsp3) is 0.154. The Balaban J connectivity index is 1.96. The number of hydrogen-bond acceptors (Lipinski definition) is 3. The van der Waals surface area contributed by atoms with Crippen molar-refractivity contribution in [2.45, 2.75) is 6.42 Å². The zero-order valence-electron chi connectivity index (χ0n) is 9.96. The monoisotopic (exact) mass is 359 g/mol. The van der Waals surface area contributed by atoms with Crippen LogP contribution in [0.25, 0.3) is 0 Å². The van der Waals surface area contributed by atoms with E-state index in [1.165, 1.54) is 0 Å². The number of nitrogens with one attached hydrogen (secondary N) is 1. The second kappa shape index (κ2) is 6.46. The fourth-order valence-electron chi connectivity index (χ4n) is 1.62. The maximum atomic E-state index is 6.11. The van der Waals surface area contributed by atoms with E-state index in [0.717, 1.165) is 28.8 Å². The van der Waals surface area contributed by atoms with Crippen LogP contribution in [0.15, 0.2) is 34.9 Å². The minimum atomic E-state index is 0.623. The first-order valence-electron chi connectivity index (χ1n) is 5.65. The lowest BCUT2D eigenvalue weighted by atomic mass is 10.1. The van der Waals surface area contributed by atoms with E-state index in [9.17, 15) is 0 Å². The molecule has 6 heteroatoms. The first kappa shape index (κ1) is 14.4. The number of nitrogens with two attached hydrogens (primary N) is 1. The van der Waals surface area contributed by atoms with Gasteiger partial charge in [0, 0.05) is 16.6 Å². The van der Waals surface area contributed by atoms with Crippen molar-refractivity contribution in [2.24, 2.45) is 0 Å². The Bertz CT molecular complexity index is 539. The summed E-state index contributed by atoms with van der Waals surface area (Å²) in [5.74, 6) is 0.763. The molecule has 2 aromatic rings. The Morgan fingerprint density at radius 3 is 2.74 bits per heavy atom. The second-order valence-corrected chi connectivity index (χ2v) is 5.71. The van der Waals surface area contributed by atoms with Gasteiger partial charge in [-0.05, 0) is 46.1 Å². The van der Waals surface area contributed by atoms with Gasteiger partial charge in [-0.1, -0.05) is 29.3 Å². The molecule has 0 spiro atoms. The molecule has 0 unspecified atom stereocenters. The van der Waals surface area contributed by atoms with Crippen molar-refractivity contribution in [3.05, 3.63) is 50.5 Å². The van der Waals surface area contributed by atoms with Crippen LogP contribution >= 0.6 is 39.1 Å². The summed E-state index contributed by atoms with van der Waals surface area (Å²) in [5, 5.41) is 4.55. The molecule has 1 aromatic heterocycles. The topological polar surface area (TPSA) is 50.9 Å². The standard InChI is InChI=1S/C13H12BrCl2N3/c14-11-6-10(17)7-19-13(11)18-4-3-8-1-2-9(15)5-12(8)16/h1-2,5-7H,3-4,17H2,(H,18,19). The minimum Gasteiger partial charge on any atom is -0.397 e. The van der Waals surface area contributed by atoms with Gasteiger partial charge in [0.1, 0.15) is 5.82 Å². The molecule has 1 heterocycles. The average molecular weight is 361 g/mol. The summed E-state index contributed by atoms with van der Waals surface area (Å²) in [6, 6.07) is 7.32. The van der Waals surface area contributed by atoms with E-state index >= 15 is 0 Å². The average Bonchev–Trinajstić information content (AvgIpc) is 2.34. The van der Waals surface area contributed by atoms with Crippen LogP contribution in [0.3, 0.4) is 0 Å². The summed E-state index contributed by atoms with van der Waals surface area (Å²) in [5.41, 5.74) is 7.30. The number of pyridine rings is 1. The summed E-state index contributed by atoms with van der Waals surface area (Å²) < 4.78 is 0.842. The molecular weight excluding hydrogens is 349 g/mol. The van der Waals surface area contributed by atoms with Gasteiger partial charge in [-0.2, -0.15) is 0 Å². The zero-order chi connectivity index (χ0) is 13.8. The van der Waals surface area contributed by atoms with Crippen molar-refractivity contribution in [3.63, 3.8) is 0 Å². The van der Waals surface area contributed by atoms with E-state index in [0.29, 0.717) is 15.7 Å². The summed E-state index contributed by atoms with van der Waals surface area (Å²) in [6.07, 6.45) is 2.40. The summed E-state index contributed by atoms with van der Waals surface area (Å²) in [4.78, 5) is 4.21. The summed E-state index contributed by atoms with van der Waals surface area (Å²) in [7, 11) is 0. The Kier molecular flexibility index (Phi) is 4.91. The number of halogens is 3. The number of nitrogen functional groups attached to an aromatic ring is 1. The SMILES string of the molecule is Nc1cnc(NCCc2ccc(Cl)cc2Cl)c(Br)c1. The highest BCUT2D eigenvalue weighted by Crippen LogP contribution is 2.23. The van der Waals surface area contributed by atoms with Crippen molar-refractivity contribution in [1.82, 2.24) is 4.98 Å². The third kappa shape index (κ3) is 4.00. The van der Waals surface area contributed by atoms with E-state index in [1.807, 2.05) is 18.2 Å². The first-order chi connectivity index (χ1) is 9.06. The van der Waals surface area contributed by atoms with Crippen molar-refractivity contribution in [2.75, 3.05) is 17.6 Å². The number of aromatic nitrogens is 1. The Hall–Kier alpha value is -0.970. The van der Waals surface area contributed by atoms with Gasteiger partial charge in [0.15, 0.2) is 0 Å². The van der Waals surface area contributed by atoms with Crippen LogP contribution < -0.4 is 11.1 Å². The third-order valence-corrected chi connectivity index (χ3v) is 3.76. The smallest absolute Gasteiger partial charge is 0.140 e. The van der Waals surface area contributed by atoms with Gasteiger partial charge in [-0.25, -0.2) is 4.98 Å². The van der Waals surface area contributed by atoms with E-state index in [1.54, 1.807) is 12.3 Å². The Morgan fingerprint density at radius 1 is 1.26 bits per heavy atom. The normalized spacial score (nSPS) is 10.5. The highest BCUT2D eigenvalue weighted by atomic mass is 79.9. The summed E-state index contributed by atoms with van der Waals surface area (Å²) in [6.45, 7) is 0.719. The molecule has 0 saturated carbocycles. The lowest BCUT2D eigenvalue weighted by Gasteiger charge is -2.09. The largest absolute Gasteiger partial charge is 0.397 e. The van der Waals surface area contributed by atoms with Crippen molar-refractivity contribution in [1.29, 1.82) is 0 Å². The molecule has 0 fully saturated rings. The molecule has 1 aromatic carbocycles. The molecule has 0 amide bonds. The van der Waals surface area contributed by atoms with E-state index in [-0.39, 0.29) is 0 Å². The molecule has 0 radical (unpaired) electrons. The van der Waals surface area contributed by atoms with Crippen molar-refractivity contribution >= 4 is 50.6 Å². The third-order valence-electron chi connectivity index (χ3n) is 2.56. The lowest BCUT2D eigenvalue weighted by molar-refractivity contribution is 1.00. The Labute approximate surface area is 130 Å². The van der Waals surface area contributed by atoms with E-state index < -0.39 is 0 Å². The molecule has 3 N–H and O–H groups in total. The lowest BCUT2D eigenvalue weighted by Crippen LogP contribution is -2.07. The number of rotatable bonds is 4. The van der Waals surface area contributed by atoms with Crippen LogP contribution in [0.4, 0.5) is 11.5 Å². The van der Waals surface area contributed by atoms with Gasteiger partial charge in [0.2, 0.25) is 0 Å². The highest BCUT2D eigenvalue weighted by molar-refractivity contribution is 9.10. The van der Waals surface area contributed by atoms with E-state index in [2.05, 4.69) is 26.2 Å². The van der Waals surface area contributed by atoms with Gasteiger partial charge in [0.05, 0.1) is 16.4 Å². The molecule has 0 saturated heterocycles. The highest BCUT2D eigenvalue weighted by Gasteiger charge is 2.04. The van der Waals surface area contributed by atoms with Crippen LogP contribution in [0.1, 0.15) is 5.56 Å². The summed E-state index contributed by atoms with van der Waals surface area (Å²) >= 11 is 15.4. The van der Waals surface area contributed by atoms with E-state index in [4.69, 9.17) is 28.9 Å². The van der Waals surface area contributed by atoms with Gasteiger partial charge < -0.3 is 11.1 Å².